The van der Waals surface area contributed by atoms with Gasteiger partial charge in [-0.15, -0.1) is 0 Å². The molecular formula is C19H19FN2. The smallest absolute Gasteiger partial charge is 0.123 e. The molecule has 1 atom stereocenters. The van der Waals surface area contributed by atoms with Crippen LogP contribution in [0.1, 0.15) is 35.6 Å². The SMILES string of the molecule is Fc1ccc(C(CCCc2ccccc2)c2cnc[nH]2)cc1. The van der Waals surface area contributed by atoms with Gasteiger partial charge in [0.2, 0.25) is 0 Å². The second-order valence-electron chi connectivity index (χ2n) is 5.49. The summed E-state index contributed by atoms with van der Waals surface area (Å²) in [6.45, 7) is 0. The molecule has 1 N–H and O–H groups in total. The zero-order valence-corrected chi connectivity index (χ0v) is 12.4. The number of rotatable bonds is 6. The number of nitrogens with zero attached hydrogens (tertiary/aromatic N) is 1. The third-order valence-corrected chi connectivity index (χ3v) is 3.97. The van der Waals surface area contributed by atoms with E-state index in [4.69, 9.17) is 0 Å². The normalized spacial score (nSPS) is 12.2. The summed E-state index contributed by atoms with van der Waals surface area (Å²) in [5.41, 5.74) is 3.56. The Morgan fingerprint density at radius 1 is 1.00 bits per heavy atom. The third kappa shape index (κ3) is 3.61. The number of aryl methyl sites for hydroxylation is 1. The minimum atomic E-state index is -0.198. The molecule has 3 rings (SSSR count). The van der Waals surface area contributed by atoms with Crippen LogP contribution in [0.15, 0.2) is 67.1 Å². The molecule has 0 bridgehead atoms. The first kappa shape index (κ1) is 14.5. The van der Waals surface area contributed by atoms with Gasteiger partial charge < -0.3 is 4.98 Å². The first-order valence-electron chi connectivity index (χ1n) is 7.60. The van der Waals surface area contributed by atoms with E-state index in [1.165, 1.54) is 17.7 Å². The highest BCUT2D eigenvalue weighted by Gasteiger charge is 2.15. The Hall–Kier alpha value is -2.42. The molecule has 3 heteroatoms. The van der Waals surface area contributed by atoms with Gasteiger partial charge in [0.05, 0.1) is 6.33 Å². The van der Waals surface area contributed by atoms with Gasteiger partial charge in [-0.1, -0.05) is 42.5 Å². The van der Waals surface area contributed by atoms with Crippen LogP contribution in [0.5, 0.6) is 0 Å². The number of imidazole rings is 1. The number of H-pyrrole nitrogens is 1. The van der Waals surface area contributed by atoms with Crippen LogP contribution in [0.4, 0.5) is 4.39 Å². The maximum atomic E-state index is 13.1. The molecule has 0 saturated heterocycles. The average Bonchev–Trinajstić information content (AvgIpc) is 3.08. The summed E-state index contributed by atoms with van der Waals surface area (Å²) in [5.74, 6) is 0.0307. The summed E-state index contributed by atoms with van der Waals surface area (Å²) in [5, 5.41) is 0. The largest absolute Gasteiger partial charge is 0.348 e. The van der Waals surface area contributed by atoms with Crippen molar-refractivity contribution >= 4 is 0 Å². The molecule has 2 nitrogen and oxygen atoms in total. The van der Waals surface area contributed by atoms with Crippen molar-refractivity contribution in [1.82, 2.24) is 9.97 Å². The maximum Gasteiger partial charge on any atom is 0.123 e. The monoisotopic (exact) mass is 294 g/mol. The molecule has 0 spiro atoms. The van der Waals surface area contributed by atoms with E-state index in [0.29, 0.717) is 0 Å². The summed E-state index contributed by atoms with van der Waals surface area (Å²) in [7, 11) is 0. The molecule has 0 radical (unpaired) electrons. The van der Waals surface area contributed by atoms with Crippen molar-refractivity contribution in [1.29, 1.82) is 0 Å². The Morgan fingerprint density at radius 3 is 2.45 bits per heavy atom. The van der Waals surface area contributed by atoms with Crippen LogP contribution < -0.4 is 0 Å². The molecule has 0 aliphatic heterocycles. The van der Waals surface area contributed by atoms with Crippen LogP contribution >= 0.6 is 0 Å². The van der Waals surface area contributed by atoms with E-state index in [9.17, 15) is 4.39 Å². The molecule has 0 aliphatic carbocycles. The van der Waals surface area contributed by atoms with E-state index in [1.807, 2.05) is 24.4 Å². The van der Waals surface area contributed by atoms with Gasteiger partial charge in [-0.05, 0) is 42.5 Å². The summed E-state index contributed by atoms with van der Waals surface area (Å²) in [6, 6.07) is 17.3. The number of aromatic nitrogens is 2. The number of nitrogens with one attached hydrogen (secondary N) is 1. The van der Waals surface area contributed by atoms with Gasteiger partial charge in [0.25, 0.3) is 0 Å². The third-order valence-electron chi connectivity index (χ3n) is 3.97. The fourth-order valence-corrected chi connectivity index (χ4v) is 2.81. The summed E-state index contributed by atoms with van der Waals surface area (Å²) >= 11 is 0. The summed E-state index contributed by atoms with van der Waals surface area (Å²) in [6.07, 6.45) is 6.68. The van der Waals surface area contributed by atoms with E-state index < -0.39 is 0 Å². The number of halogens is 1. The molecular weight excluding hydrogens is 275 g/mol. The van der Waals surface area contributed by atoms with Gasteiger partial charge in [0, 0.05) is 17.8 Å². The van der Waals surface area contributed by atoms with Crippen LogP contribution in [0.2, 0.25) is 0 Å². The molecule has 0 fully saturated rings. The van der Waals surface area contributed by atoms with Gasteiger partial charge in [0.15, 0.2) is 0 Å². The van der Waals surface area contributed by atoms with E-state index in [1.54, 1.807) is 6.33 Å². The Morgan fingerprint density at radius 2 is 1.77 bits per heavy atom. The molecule has 1 unspecified atom stereocenters. The Bertz CT molecular complexity index is 675. The highest BCUT2D eigenvalue weighted by atomic mass is 19.1. The second kappa shape index (κ2) is 7.03. The minimum absolute atomic E-state index is 0.198. The maximum absolute atomic E-state index is 13.1. The Balaban J connectivity index is 1.71. The zero-order valence-electron chi connectivity index (χ0n) is 12.4. The van der Waals surface area contributed by atoms with Crippen molar-refractivity contribution in [3.63, 3.8) is 0 Å². The first-order chi connectivity index (χ1) is 10.8. The Kier molecular flexibility index (Phi) is 4.64. The van der Waals surface area contributed by atoms with Gasteiger partial charge >= 0.3 is 0 Å². The van der Waals surface area contributed by atoms with Crippen LogP contribution in [-0.2, 0) is 6.42 Å². The lowest BCUT2D eigenvalue weighted by Gasteiger charge is -2.16. The van der Waals surface area contributed by atoms with Crippen LogP contribution in [0, 0.1) is 5.82 Å². The fourth-order valence-electron chi connectivity index (χ4n) is 2.81. The molecule has 0 amide bonds. The van der Waals surface area contributed by atoms with Crippen molar-refractivity contribution in [2.75, 3.05) is 0 Å². The van der Waals surface area contributed by atoms with Gasteiger partial charge in [-0.2, -0.15) is 0 Å². The lowest BCUT2D eigenvalue weighted by molar-refractivity contribution is 0.620. The lowest BCUT2D eigenvalue weighted by Crippen LogP contribution is -2.03. The molecule has 0 aliphatic rings. The van der Waals surface area contributed by atoms with E-state index in [2.05, 4.69) is 34.2 Å². The van der Waals surface area contributed by atoms with Crippen molar-refractivity contribution in [3.8, 4) is 0 Å². The van der Waals surface area contributed by atoms with E-state index >= 15 is 0 Å². The molecule has 112 valence electrons. The van der Waals surface area contributed by atoms with Crippen molar-refractivity contribution < 1.29 is 4.39 Å². The van der Waals surface area contributed by atoms with Crippen LogP contribution in [0.3, 0.4) is 0 Å². The molecule has 22 heavy (non-hydrogen) atoms. The zero-order chi connectivity index (χ0) is 15.2. The second-order valence-corrected chi connectivity index (χ2v) is 5.49. The predicted octanol–water partition coefficient (Wildman–Crippen LogP) is 4.70. The van der Waals surface area contributed by atoms with Gasteiger partial charge in [0.1, 0.15) is 5.82 Å². The predicted molar refractivity (Wildman–Crippen MR) is 86.2 cm³/mol. The highest BCUT2D eigenvalue weighted by Crippen LogP contribution is 2.28. The molecule has 0 saturated carbocycles. The van der Waals surface area contributed by atoms with Crippen molar-refractivity contribution in [2.45, 2.75) is 25.2 Å². The number of benzene rings is 2. The van der Waals surface area contributed by atoms with Crippen molar-refractivity contribution in [3.05, 3.63) is 89.8 Å². The fraction of sp³-hybridized carbons (Fsp3) is 0.211. The highest BCUT2D eigenvalue weighted by molar-refractivity contribution is 5.27. The summed E-state index contributed by atoms with van der Waals surface area (Å²) in [4.78, 5) is 7.32. The van der Waals surface area contributed by atoms with E-state index in [-0.39, 0.29) is 11.7 Å². The number of aromatic amines is 1. The molecule has 3 aromatic rings. The molecule has 2 aromatic carbocycles. The number of hydrogen-bond acceptors (Lipinski definition) is 1. The van der Waals surface area contributed by atoms with Crippen molar-refractivity contribution in [2.24, 2.45) is 0 Å². The lowest BCUT2D eigenvalue weighted by atomic mass is 9.90. The van der Waals surface area contributed by atoms with E-state index in [0.717, 1.165) is 30.5 Å². The quantitative estimate of drug-likeness (QED) is 0.701. The molecule has 1 heterocycles. The standard InChI is InChI=1S/C19H19FN2/c20-17-11-9-16(10-12-17)18(19-13-21-14-22-19)8-4-7-15-5-2-1-3-6-15/h1-3,5-6,9-14,18H,4,7-8H2,(H,21,22). The van der Waals surface area contributed by atoms with Crippen LogP contribution in [-0.4, -0.2) is 9.97 Å². The summed E-state index contributed by atoms with van der Waals surface area (Å²) < 4.78 is 13.1. The van der Waals surface area contributed by atoms with Gasteiger partial charge in [-0.3, -0.25) is 0 Å². The van der Waals surface area contributed by atoms with Gasteiger partial charge in [-0.25, -0.2) is 9.37 Å². The number of hydrogen-bond donors (Lipinski definition) is 1. The van der Waals surface area contributed by atoms with Crippen LogP contribution in [0.25, 0.3) is 0 Å². The topological polar surface area (TPSA) is 28.7 Å². The first-order valence-corrected chi connectivity index (χ1v) is 7.60. The Labute approximate surface area is 130 Å². The average molecular weight is 294 g/mol. The molecule has 1 aromatic heterocycles. The minimum Gasteiger partial charge on any atom is -0.348 e.